The van der Waals surface area contributed by atoms with Gasteiger partial charge in [-0.25, -0.2) is 9.59 Å². The lowest BCUT2D eigenvalue weighted by atomic mass is 9.84. The number of aromatic nitrogens is 1. The number of rotatable bonds is 10. The quantitative estimate of drug-likeness (QED) is 0.126. The highest BCUT2D eigenvalue weighted by Gasteiger charge is 2.33. The topological polar surface area (TPSA) is 479 Å². The van der Waals surface area contributed by atoms with Crippen molar-refractivity contribution in [3.8, 4) is 0 Å². The average Bonchev–Trinajstić information content (AvgIpc) is 3.88. The van der Waals surface area contributed by atoms with E-state index in [4.69, 9.17) is 75.9 Å². The van der Waals surface area contributed by atoms with E-state index >= 15 is 0 Å². The molecule has 2 aliphatic rings. The smallest absolute Gasteiger partial charge is 0.337 e. The fraction of sp³-hybridized carbons (Fsp3) is 0.439. The second-order valence-corrected chi connectivity index (χ2v) is 14.5. The van der Waals surface area contributed by atoms with E-state index in [0.29, 0.717) is 55.5 Å². The van der Waals surface area contributed by atoms with Gasteiger partial charge in [-0.3, -0.25) is 24.0 Å². The lowest BCUT2D eigenvalue weighted by Gasteiger charge is -2.28. The molecule has 0 radical (unpaired) electrons. The number of benzene rings is 2. The van der Waals surface area contributed by atoms with Gasteiger partial charge >= 0.3 is 41.8 Å². The zero-order valence-corrected chi connectivity index (χ0v) is 35.6. The van der Waals surface area contributed by atoms with Crippen molar-refractivity contribution in [2.75, 3.05) is 11.5 Å². The number of aromatic carboxylic acids is 2. The number of nitrogens with one attached hydrogen (secondary N) is 1. The third-order valence-electron chi connectivity index (χ3n) is 8.82. The minimum Gasteiger partial charge on any atom is -0.481 e. The van der Waals surface area contributed by atoms with Crippen LogP contribution < -0.4 is 40.1 Å². The number of aliphatic hydroxyl groups is 1. The maximum atomic E-state index is 10.5. The van der Waals surface area contributed by atoms with Crippen LogP contribution in [0, 0.1) is 11.8 Å². The number of aromatic amines is 1. The summed E-state index contributed by atoms with van der Waals surface area (Å²) in [5.74, 6) is -6.73. The Kier molecular flexibility index (Phi) is 29.8. The molecule has 358 valence electrons. The van der Waals surface area contributed by atoms with Gasteiger partial charge in [0, 0.05) is 47.9 Å². The molecule has 1 heterocycles. The van der Waals surface area contributed by atoms with Crippen molar-refractivity contribution in [2.45, 2.75) is 102 Å². The second kappa shape index (κ2) is 32.1. The number of carbonyl (C=O) groups is 7. The fourth-order valence-corrected chi connectivity index (χ4v) is 5.04. The first kappa shape index (κ1) is 59.5. The molecular formula is C41H64N8O15. The zero-order valence-electron chi connectivity index (χ0n) is 35.6. The van der Waals surface area contributed by atoms with Crippen molar-refractivity contribution in [1.82, 2.24) is 4.98 Å². The molecule has 7 atom stereocenters. The molecule has 5 rings (SSSR count). The van der Waals surface area contributed by atoms with Crippen LogP contribution in [0.4, 0.5) is 11.4 Å². The minimum absolute atomic E-state index is 0.0556. The van der Waals surface area contributed by atoms with Crippen molar-refractivity contribution in [3.63, 3.8) is 0 Å². The number of carboxylic acids is 7. The van der Waals surface area contributed by atoms with E-state index in [1.54, 1.807) is 56.4 Å². The first-order valence-corrected chi connectivity index (χ1v) is 19.6. The molecule has 23 nitrogen and oxygen atoms in total. The van der Waals surface area contributed by atoms with E-state index in [2.05, 4.69) is 4.98 Å². The van der Waals surface area contributed by atoms with E-state index in [-0.39, 0.29) is 48.5 Å². The van der Waals surface area contributed by atoms with Gasteiger partial charge in [-0.05, 0) is 93.5 Å². The molecule has 64 heavy (non-hydrogen) atoms. The Bertz CT molecular complexity index is 1840. The van der Waals surface area contributed by atoms with E-state index in [1.165, 1.54) is 24.4 Å². The summed E-state index contributed by atoms with van der Waals surface area (Å²) in [7, 11) is 0. The predicted molar refractivity (Wildman–Crippen MR) is 235 cm³/mol. The molecule has 23 heteroatoms. The van der Waals surface area contributed by atoms with E-state index in [0.717, 1.165) is 5.56 Å². The number of nitrogens with two attached hydrogens (primary N) is 7. The Labute approximate surface area is 369 Å². The normalized spacial score (nSPS) is 20.0. The van der Waals surface area contributed by atoms with Crippen molar-refractivity contribution in [2.24, 2.45) is 40.5 Å². The third-order valence-corrected chi connectivity index (χ3v) is 8.82. The molecule has 2 saturated carbocycles. The molecule has 2 fully saturated rings. The Morgan fingerprint density at radius 3 is 1.38 bits per heavy atom. The number of hydrogen-bond acceptors (Lipinski definition) is 15. The number of aliphatic carboxylic acids is 5. The van der Waals surface area contributed by atoms with Crippen molar-refractivity contribution < 1.29 is 74.4 Å². The van der Waals surface area contributed by atoms with Crippen LogP contribution >= 0.6 is 0 Å². The number of aliphatic hydroxyl groups excluding tert-OH is 1. The van der Waals surface area contributed by atoms with Crippen LogP contribution in [0.25, 0.3) is 0 Å². The fourth-order valence-electron chi connectivity index (χ4n) is 5.04. The van der Waals surface area contributed by atoms with Gasteiger partial charge in [0.1, 0.15) is 6.04 Å². The van der Waals surface area contributed by atoms with Gasteiger partial charge in [0.15, 0.2) is 0 Å². The summed E-state index contributed by atoms with van der Waals surface area (Å²) in [6.45, 7) is 3.40. The summed E-state index contributed by atoms with van der Waals surface area (Å²) in [6, 6.07) is 13.0. The summed E-state index contributed by atoms with van der Waals surface area (Å²) in [6.07, 6.45) is 5.53. The molecular weight excluding hydrogens is 844 g/mol. The van der Waals surface area contributed by atoms with Gasteiger partial charge in [-0.2, -0.15) is 0 Å². The van der Waals surface area contributed by atoms with E-state index in [1.807, 2.05) is 0 Å². The number of anilines is 2. The molecule has 2 aromatic carbocycles. The third kappa shape index (κ3) is 28.8. The van der Waals surface area contributed by atoms with Crippen LogP contribution in [-0.2, 0) is 30.4 Å². The highest BCUT2D eigenvalue weighted by atomic mass is 16.4. The van der Waals surface area contributed by atoms with Gasteiger partial charge in [0.25, 0.3) is 0 Å². The van der Waals surface area contributed by atoms with Crippen LogP contribution in [0.2, 0.25) is 0 Å². The SMILES string of the molecule is CC(N)CC(=O)O.CCC(N)C(=O)O.NC1CC(C(=O)O)CC1N.NC1CCC(C(=O)O)CC1O.Nc1ccc(C(=O)O)cc1.Nc1ccc(CC(=O)O)cc1.O=C(O)c1cc[nH]c1. The molecule has 7 unspecified atom stereocenters. The minimum atomic E-state index is -0.931. The summed E-state index contributed by atoms with van der Waals surface area (Å²) in [5.41, 5.74) is 40.0. The van der Waals surface area contributed by atoms with Crippen LogP contribution in [0.3, 0.4) is 0 Å². The molecule has 0 bridgehead atoms. The monoisotopic (exact) mass is 908 g/mol. The molecule has 0 spiro atoms. The van der Waals surface area contributed by atoms with Crippen LogP contribution in [0.1, 0.15) is 85.1 Å². The molecule has 0 saturated heterocycles. The molecule has 0 aliphatic heterocycles. The van der Waals surface area contributed by atoms with Gasteiger partial charge in [0.2, 0.25) is 0 Å². The Morgan fingerprint density at radius 1 is 0.641 bits per heavy atom. The highest BCUT2D eigenvalue weighted by Crippen LogP contribution is 2.24. The largest absolute Gasteiger partial charge is 0.481 e. The Morgan fingerprint density at radius 2 is 1.11 bits per heavy atom. The molecule has 3 aromatic rings. The Hall–Kier alpha value is -6.63. The first-order chi connectivity index (χ1) is 29.7. The van der Waals surface area contributed by atoms with Crippen molar-refractivity contribution in [1.29, 1.82) is 0 Å². The molecule has 1 aromatic heterocycles. The molecule has 2 aliphatic carbocycles. The van der Waals surface area contributed by atoms with E-state index in [9.17, 15) is 38.7 Å². The number of nitrogen functional groups attached to an aromatic ring is 2. The standard InChI is InChI=1S/C8H9NO2.C7H13NO3.C7H7NO2.C6H12N2O2.C5H5NO2.2C4H9NO2/c9-7-3-1-6(2-4-7)5-8(10)11;8-5-2-1-4(7(10)11)3-6(5)9;8-6-3-1-5(2-4-6)7(9)10;7-4-1-3(6(9)10)2-5(4)8;7-5(8)4-1-2-6-3-4;1-3(5)2-4(6)7;1-2-3(5)4(6)7/h1-4H,5,9H2,(H,10,11);4-6,9H,1-3,8H2,(H,10,11);1-4H,8H2,(H,9,10);3-5H,1-2,7-8H2,(H,9,10);1-3,6H,(H,7,8);2*3H,2,5H2,1H3,(H,6,7). The second-order valence-electron chi connectivity index (χ2n) is 14.5. The van der Waals surface area contributed by atoms with E-state index < -0.39 is 59.8 Å². The zero-order chi connectivity index (χ0) is 49.7. The van der Waals surface area contributed by atoms with Gasteiger partial charge in [-0.15, -0.1) is 0 Å². The van der Waals surface area contributed by atoms with Crippen LogP contribution in [0.5, 0.6) is 0 Å². The highest BCUT2D eigenvalue weighted by molar-refractivity contribution is 5.88. The van der Waals surface area contributed by atoms with Gasteiger partial charge < -0.3 is 86.0 Å². The molecule has 23 N–H and O–H groups in total. The summed E-state index contributed by atoms with van der Waals surface area (Å²) in [4.78, 5) is 73.5. The maximum Gasteiger partial charge on any atom is 0.337 e. The van der Waals surface area contributed by atoms with Gasteiger partial charge in [-0.1, -0.05) is 19.1 Å². The lowest BCUT2D eigenvalue weighted by molar-refractivity contribution is -0.144. The van der Waals surface area contributed by atoms with Gasteiger partial charge in [0.05, 0.1) is 41.9 Å². The average molecular weight is 909 g/mol. The first-order valence-electron chi connectivity index (χ1n) is 19.6. The maximum absolute atomic E-state index is 10.5. The van der Waals surface area contributed by atoms with Crippen LogP contribution in [0.15, 0.2) is 67.0 Å². The molecule has 0 amide bonds. The van der Waals surface area contributed by atoms with Crippen LogP contribution in [-0.4, -0.2) is 124 Å². The Balaban J connectivity index is 0. The number of hydrogen-bond donors (Lipinski definition) is 16. The van der Waals surface area contributed by atoms with Crippen molar-refractivity contribution >= 4 is 53.2 Å². The summed E-state index contributed by atoms with van der Waals surface area (Å²) < 4.78 is 0. The number of carboxylic acid groups (broad SMARTS) is 7. The predicted octanol–water partition coefficient (Wildman–Crippen LogP) is 0.887. The summed E-state index contributed by atoms with van der Waals surface area (Å²) >= 11 is 0. The van der Waals surface area contributed by atoms with Crippen molar-refractivity contribution in [3.05, 3.63) is 83.7 Å². The lowest BCUT2D eigenvalue weighted by Crippen LogP contribution is -2.41. The summed E-state index contributed by atoms with van der Waals surface area (Å²) in [5, 5.41) is 67.5. The number of H-pyrrole nitrogens is 1.